The van der Waals surface area contributed by atoms with Crippen LogP contribution in [0, 0.1) is 13.8 Å². The molecule has 118 valence electrons. The van der Waals surface area contributed by atoms with E-state index in [2.05, 4.69) is 44.0 Å². The van der Waals surface area contributed by atoms with Crippen LogP contribution in [0.1, 0.15) is 30.0 Å². The van der Waals surface area contributed by atoms with Crippen molar-refractivity contribution in [2.75, 3.05) is 6.61 Å². The zero-order chi connectivity index (χ0) is 15.6. The van der Waals surface area contributed by atoms with E-state index in [9.17, 15) is 0 Å². The van der Waals surface area contributed by atoms with Crippen molar-refractivity contribution >= 4 is 0 Å². The third kappa shape index (κ3) is 3.57. The number of aromatic nitrogens is 2. The van der Waals surface area contributed by atoms with Gasteiger partial charge in [-0.15, -0.1) is 0 Å². The summed E-state index contributed by atoms with van der Waals surface area (Å²) in [6.07, 6.45) is 7.49. The molecule has 4 heteroatoms. The largest absolute Gasteiger partial charge is 0.345 e. The van der Waals surface area contributed by atoms with Crippen LogP contribution in [0.2, 0.25) is 0 Å². The van der Waals surface area contributed by atoms with E-state index in [0.717, 1.165) is 12.8 Å². The van der Waals surface area contributed by atoms with E-state index in [1.807, 2.05) is 17.1 Å². The maximum atomic E-state index is 6.13. The topological polar surface area (TPSA) is 36.3 Å². The van der Waals surface area contributed by atoms with Gasteiger partial charge in [0.05, 0.1) is 25.6 Å². The van der Waals surface area contributed by atoms with Crippen LogP contribution in [-0.2, 0) is 22.4 Å². The van der Waals surface area contributed by atoms with E-state index in [1.165, 1.54) is 16.7 Å². The summed E-state index contributed by atoms with van der Waals surface area (Å²) in [5.74, 6) is -0.544. The lowest BCUT2D eigenvalue weighted by Gasteiger charge is -2.28. The van der Waals surface area contributed by atoms with Crippen molar-refractivity contribution in [3.05, 3.63) is 53.6 Å². The first-order valence-electron chi connectivity index (χ1n) is 7.89. The molecule has 1 fully saturated rings. The highest BCUT2D eigenvalue weighted by atomic mass is 16.7. The number of ether oxygens (including phenoxy) is 2. The van der Waals surface area contributed by atoms with Crippen LogP contribution >= 0.6 is 0 Å². The highest BCUT2D eigenvalue weighted by Gasteiger charge is 2.39. The predicted octanol–water partition coefficient (Wildman–Crippen LogP) is 3.26. The lowest BCUT2D eigenvalue weighted by molar-refractivity contribution is -0.180. The Morgan fingerprint density at radius 2 is 2.05 bits per heavy atom. The fraction of sp³-hybridized carbons (Fsp3) is 0.500. The third-order valence-electron chi connectivity index (χ3n) is 4.06. The number of hydrogen-bond acceptors (Lipinski definition) is 3. The van der Waals surface area contributed by atoms with Crippen molar-refractivity contribution in [3.8, 4) is 0 Å². The van der Waals surface area contributed by atoms with Gasteiger partial charge in [0.2, 0.25) is 0 Å². The zero-order valence-corrected chi connectivity index (χ0v) is 13.6. The summed E-state index contributed by atoms with van der Waals surface area (Å²) >= 11 is 0. The van der Waals surface area contributed by atoms with Gasteiger partial charge in [-0.05, 0) is 32.8 Å². The molecule has 2 unspecified atom stereocenters. The van der Waals surface area contributed by atoms with Gasteiger partial charge < -0.3 is 14.0 Å². The second-order valence-corrected chi connectivity index (χ2v) is 6.38. The Morgan fingerprint density at radius 1 is 1.27 bits per heavy atom. The van der Waals surface area contributed by atoms with Gasteiger partial charge in [-0.3, -0.25) is 0 Å². The van der Waals surface area contributed by atoms with E-state index in [-0.39, 0.29) is 6.10 Å². The van der Waals surface area contributed by atoms with Crippen LogP contribution < -0.4 is 0 Å². The molecule has 2 aromatic rings. The van der Waals surface area contributed by atoms with Crippen LogP contribution in [0.4, 0.5) is 0 Å². The van der Waals surface area contributed by atoms with Crippen molar-refractivity contribution in [2.24, 2.45) is 0 Å². The Morgan fingerprint density at radius 3 is 2.64 bits per heavy atom. The van der Waals surface area contributed by atoms with Gasteiger partial charge >= 0.3 is 0 Å². The molecule has 1 aromatic carbocycles. The fourth-order valence-corrected chi connectivity index (χ4v) is 3.20. The summed E-state index contributed by atoms with van der Waals surface area (Å²) in [7, 11) is 0. The fourth-order valence-electron chi connectivity index (χ4n) is 3.20. The molecule has 1 aliphatic rings. The molecule has 0 N–H and O–H groups in total. The molecule has 1 aliphatic heterocycles. The molecular weight excluding hydrogens is 276 g/mol. The van der Waals surface area contributed by atoms with Gasteiger partial charge in [-0.1, -0.05) is 29.3 Å². The standard InChI is InChI=1S/C18H24N2O2/c1-14-8-15(2)10-17(9-14)4-5-18(21-11-16(3)22-18)12-20-7-6-19-13-20/h6-10,13,16H,4-5,11-12H2,1-3H3. The van der Waals surface area contributed by atoms with E-state index in [1.54, 1.807) is 6.20 Å². The molecule has 0 amide bonds. The SMILES string of the molecule is Cc1cc(C)cc(CCC2(Cn3ccnc3)OCC(C)O2)c1. The van der Waals surface area contributed by atoms with E-state index in [0.29, 0.717) is 13.2 Å². The van der Waals surface area contributed by atoms with Crippen molar-refractivity contribution in [3.63, 3.8) is 0 Å². The molecule has 4 nitrogen and oxygen atoms in total. The van der Waals surface area contributed by atoms with Crippen LogP contribution in [0.15, 0.2) is 36.9 Å². The molecule has 0 aliphatic carbocycles. The molecule has 0 spiro atoms. The maximum absolute atomic E-state index is 6.13. The molecule has 2 heterocycles. The van der Waals surface area contributed by atoms with Crippen LogP contribution in [0.3, 0.4) is 0 Å². The molecule has 22 heavy (non-hydrogen) atoms. The Balaban J connectivity index is 1.73. The van der Waals surface area contributed by atoms with Gasteiger partial charge in [0.1, 0.15) is 0 Å². The predicted molar refractivity (Wildman–Crippen MR) is 85.7 cm³/mol. The first kappa shape index (κ1) is 15.3. The maximum Gasteiger partial charge on any atom is 0.187 e. The minimum atomic E-state index is -0.544. The summed E-state index contributed by atoms with van der Waals surface area (Å²) in [6.45, 7) is 7.68. The van der Waals surface area contributed by atoms with Gasteiger partial charge in [0, 0.05) is 18.8 Å². The highest BCUT2D eigenvalue weighted by molar-refractivity contribution is 5.28. The first-order valence-corrected chi connectivity index (χ1v) is 7.89. The van der Waals surface area contributed by atoms with Gasteiger partial charge in [0.15, 0.2) is 5.79 Å². The molecule has 1 aromatic heterocycles. The summed E-state index contributed by atoms with van der Waals surface area (Å²) in [4.78, 5) is 4.11. The number of benzene rings is 1. The number of nitrogens with zero attached hydrogens (tertiary/aromatic N) is 2. The quantitative estimate of drug-likeness (QED) is 0.850. The number of rotatable bonds is 5. The van der Waals surface area contributed by atoms with Gasteiger partial charge in [-0.25, -0.2) is 4.98 Å². The van der Waals surface area contributed by atoms with E-state index in [4.69, 9.17) is 9.47 Å². The second-order valence-electron chi connectivity index (χ2n) is 6.38. The third-order valence-corrected chi connectivity index (χ3v) is 4.06. The molecule has 1 saturated heterocycles. The van der Waals surface area contributed by atoms with Crippen molar-refractivity contribution in [1.82, 2.24) is 9.55 Å². The van der Waals surface area contributed by atoms with Gasteiger partial charge in [-0.2, -0.15) is 0 Å². The van der Waals surface area contributed by atoms with Crippen LogP contribution in [-0.4, -0.2) is 28.0 Å². The molecule has 2 atom stereocenters. The second kappa shape index (κ2) is 6.23. The average molecular weight is 300 g/mol. The summed E-state index contributed by atoms with van der Waals surface area (Å²) in [6, 6.07) is 6.70. The van der Waals surface area contributed by atoms with Crippen LogP contribution in [0.25, 0.3) is 0 Å². The Bertz CT molecular complexity index is 604. The minimum Gasteiger partial charge on any atom is -0.345 e. The lowest BCUT2D eigenvalue weighted by atomic mass is 10.0. The Hall–Kier alpha value is -1.65. The smallest absolute Gasteiger partial charge is 0.187 e. The first-order chi connectivity index (χ1) is 10.5. The van der Waals surface area contributed by atoms with Crippen molar-refractivity contribution in [2.45, 2.75) is 52.0 Å². The normalized spacial score (nSPS) is 24.8. The molecule has 0 bridgehead atoms. The Labute approximate surface area is 132 Å². The highest BCUT2D eigenvalue weighted by Crippen LogP contribution is 2.30. The summed E-state index contributed by atoms with van der Waals surface area (Å²) in [5, 5.41) is 0. The molecule has 0 radical (unpaired) electrons. The molecule has 0 saturated carbocycles. The van der Waals surface area contributed by atoms with Crippen molar-refractivity contribution < 1.29 is 9.47 Å². The monoisotopic (exact) mass is 300 g/mol. The minimum absolute atomic E-state index is 0.141. The van der Waals surface area contributed by atoms with Crippen LogP contribution in [0.5, 0.6) is 0 Å². The Kier molecular flexibility index (Phi) is 4.32. The van der Waals surface area contributed by atoms with E-state index < -0.39 is 5.79 Å². The number of imidazole rings is 1. The zero-order valence-electron chi connectivity index (χ0n) is 13.6. The molecular formula is C18H24N2O2. The summed E-state index contributed by atoms with van der Waals surface area (Å²) < 4.78 is 14.2. The number of hydrogen-bond donors (Lipinski definition) is 0. The van der Waals surface area contributed by atoms with E-state index >= 15 is 0 Å². The lowest BCUT2D eigenvalue weighted by Crippen LogP contribution is -2.36. The van der Waals surface area contributed by atoms with Gasteiger partial charge in [0.25, 0.3) is 0 Å². The summed E-state index contributed by atoms with van der Waals surface area (Å²) in [5.41, 5.74) is 3.95. The molecule has 3 rings (SSSR count). The number of aryl methyl sites for hydroxylation is 3. The van der Waals surface area contributed by atoms with Crippen molar-refractivity contribution in [1.29, 1.82) is 0 Å². The average Bonchev–Trinajstić information content (AvgIpc) is 3.07.